The summed E-state index contributed by atoms with van der Waals surface area (Å²) in [5, 5.41) is 0. The Labute approximate surface area is 183 Å². The molecule has 0 atom stereocenters. The zero-order valence-electron chi connectivity index (χ0n) is 17.9. The fourth-order valence-corrected chi connectivity index (χ4v) is 3.82. The number of quaternary nitrogens is 1. The third-order valence-corrected chi connectivity index (χ3v) is 5.17. The molecule has 0 aliphatic heterocycles. The summed E-state index contributed by atoms with van der Waals surface area (Å²) in [6.45, 7) is 3.63. The van der Waals surface area contributed by atoms with E-state index in [4.69, 9.17) is 9.47 Å². The molecule has 0 fully saturated rings. The van der Waals surface area contributed by atoms with Crippen LogP contribution in [-0.2, 0) is 19.1 Å². The molecule has 0 spiro atoms. The van der Waals surface area contributed by atoms with Crippen molar-refractivity contribution in [1.29, 1.82) is 0 Å². The summed E-state index contributed by atoms with van der Waals surface area (Å²) in [5.74, 6) is -0.927. The SMILES string of the molecule is CC(=O)OCC(COC(C)=O)C[N+](c1ccccc1)(c1ccccc1)c1ccccc1. The Balaban J connectivity index is 2.15. The minimum atomic E-state index is -0.356. The molecule has 0 bridgehead atoms. The lowest BCUT2D eigenvalue weighted by Crippen LogP contribution is -2.45. The van der Waals surface area contributed by atoms with Crippen LogP contribution in [0.15, 0.2) is 91.0 Å². The second-order valence-corrected chi connectivity index (χ2v) is 7.47. The average molecular weight is 419 g/mol. The Kier molecular flexibility index (Phi) is 7.57. The molecule has 0 amide bonds. The van der Waals surface area contributed by atoms with Gasteiger partial charge < -0.3 is 9.47 Å². The predicted octanol–water partition coefficient (Wildman–Crippen LogP) is 5.40. The van der Waals surface area contributed by atoms with E-state index in [0.717, 1.165) is 17.1 Å². The van der Waals surface area contributed by atoms with Crippen LogP contribution in [0.1, 0.15) is 13.8 Å². The average Bonchev–Trinajstić information content (AvgIpc) is 2.80. The van der Waals surface area contributed by atoms with Gasteiger partial charge in [0.2, 0.25) is 0 Å². The fraction of sp³-hybridized carbons (Fsp3) is 0.231. The molecule has 5 nitrogen and oxygen atoms in total. The molecule has 0 heterocycles. The number of hydrogen-bond donors (Lipinski definition) is 0. The third-order valence-electron chi connectivity index (χ3n) is 5.17. The van der Waals surface area contributed by atoms with Crippen molar-refractivity contribution in [3.05, 3.63) is 91.0 Å². The molecule has 31 heavy (non-hydrogen) atoms. The molecule has 3 aromatic rings. The van der Waals surface area contributed by atoms with Gasteiger partial charge in [-0.2, -0.15) is 0 Å². The van der Waals surface area contributed by atoms with Gasteiger partial charge in [-0.25, -0.2) is 4.48 Å². The molecule has 0 unspecified atom stereocenters. The van der Waals surface area contributed by atoms with Crippen LogP contribution in [0.5, 0.6) is 0 Å². The summed E-state index contributed by atoms with van der Waals surface area (Å²) in [6.07, 6.45) is 0. The monoisotopic (exact) mass is 418 g/mol. The number of ether oxygens (including phenoxy) is 2. The van der Waals surface area contributed by atoms with Gasteiger partial charge in [0.1, 0.15) is 36.8 Å². The van der Waals surface area contributed by atoms with E-state index in [9.17, 15) is 9.59 Å². The molecular formula is C26H28NO4+. The highest BCUT2D eigenvalue weighted by Crippen LogP contribution is 2.44. The lowest BCUT2D eigenvalue weighted by atomic mass is 10.0. The molecule has 160 valence electrons. The second-order valence-electron chi connectivity index (χ2n) is 7.47. The van der Waals surface area contributed by atoms with Crippen molar-refractivity contribution in [2.45, 2.75) is 13.8 Å². The molecule has 3 rings (SSSR count). The van der Waals surface area contributed by atoms with Crippen LogP contribution in [-0.4, -0.2) is 31.7 Å². The number of nitrogens with zero attached hydrogens (tertiary/aromatic N) is 1. The van der Waals surface area contributed by atoms with Gasteiger partial charge in [0.05, 0.1) is 5.92 Å². The van der Waals surface area contributed by atoms with Crippen LogP contribution in [0, 0.1) is 5.92 Å². The van der Waals surface area contributed by atoms with E-state index < -0.39 is 0 Å². The molecule has 0 radical (unpaired) electrons. The van der Waals surface area contributed by atoms with Crippen molar-refractivity contribution in [2.75, 3.05) is 19.8 Å². The number of esters is 2. The summed E-state index contributed by atoms with van der Waals surface area (Å²) in [5.41, 5.74) is 3.20. The number of benzene rings is 3. The summed E-state index contributed by atoms with van der Waals surface area (Å²) >= 11 is 0. The molecule has 5 heteroatoms. The summed E-state index contributed by atoms with van der Waals surface area (Å²) in [4.78, 5) is 23.1. The Morgan fingerprint density at radius 2 is 0.968 bits per heavy atom. The summed E-state index contributed by atoms with van der Waals surface area (Å²) in [7, 11) is 0. The van der Waals surface area contributed by atoms with E-state index in [1.807, 2.05) is 54.6 Å². The first-order chi connectivity index (χ1) is 15.0. The van der Waals surface area contributed by atoms with Crippen LogP contribution >= 0.6 is 0 Å². The van der Waals surface area contributed by atoms with Crippen LogP contribution in [0.4, 0.5) is 17.1 Å². The highest BCUT2D eigenvalue weighted by molar-refractivity contribution is 5.71. The smallest absolute Gasteiger partial charge is 0.302 e. The Morgan fingerprint density at radius 3 is 1.26 bits per heavy atom. The number of para-hydroxylation sites is 3. The lowest BCUT2D eigenvalue weighted by Gasteiger charge is -2.39. The topological polar surface area (TPSA) is 52.6 Å². The molecular weight excluding hydrogens is 390 g/mol. The zero-order chi connectivity index (χ0) is 22.1. The largest absolute Gasteiger partial charge is 0.465 e. The van der Waals surface area contributed by atoms with Crippen molar-refractivity contribution in [2.24, 2.45) is 5.92 Å². The number of hydrogen-bond acceptors (Lipinski definition) is 4. The van der Waals surface area contributed by atoms with Crippen LogP contribution in [0.2, 0.25) is 0 Å². The van der Waals surface area contributed by atoms with E-state index in [1.54, 1.807) is 0 Å². The third kappa shape index (κ3) is 5.58. The van der Waals surface area contributed by atoms with Gasteiger partial charge in [-0.05, 0) is 36.4 Å². The van der Waals surface area contributed by atoms with Gasteiger partial charge in [0.25, 0.3) is 0 Å². The van der Waals surface area contributed by atoms with E-state index in [-0.39, 0.29) is 31.1 Å². The minimum absolute atomic E-state index is 0.162. The van der Waals surface area contributed by atoms with E-state index >= 15 is 0 Å². The highest BCUT2D eigenvalue weighted by Gasteiger charge is 2.39. The summed E-state index contributed by atoms with van der Waals surface area (Å²) < 4.78 is 11.1. The molecule has 3 aromatic carbocycles. The number of carbonyl (C=O) groups is 2. The molecule has 0 saturated carbocycles. The Morgan fingerprint density at radius 1 is 0.645 bits per heavy atom. The maximum absolute atomic E-state index is 11.5. The molecule has 0 saturated heterocycles. The van der Waals surface area contributed by atoms with Gasteiger partial charge in [0.15, 0.2) is 0 Å². The van der Waals surface area contributed by atoms with E-state index in [1.165, 1.54) is 13.8 Å². The van der Waals surface area contributed by atoms with Gasteiger partial charge in [-0.15, -0.1) is 0 Å². The maximum Gasteiger partial charge on any atom is 0.302 e. The quantitative estimate of drug-likeness (QED) is 0.345. The first kappa shape index (κ1) is 22.2. The van der Waals surface area contributed by atoms with Crippen LogP contribution in [0.3, 0.4) is 0 Å². The zero-order valence-corrected chi connectivity index (χ0v) is 17.9. The molecule has 0 aliphatic carbocycles. The standard InChI is InChI=1S/C26H28NO4/c1-21(28)30-19-23(20-31-22(2)29)18-27(24-12-6-3-7-13-24,25-14-8-4-9-15-25)26-16-10-5-11-17-26/h3-17,23H,18-20H2,1-2H3/q+1. The first-order valence-corrected chi connectivity index (χ1v) is 10.3. The number of carbonyl (C=O) groups excluding carboxylic acids is 2. The molecule has 0 aromatic heterocycles. The molecule has 0 aliphatic rings. The van der Waals surface area contributed by atoms with E-state index in [0.29, 0.717) is 11.0 Å². The van der Waals surface area contributed by atoms with Crippen molar-refractivity contribution >= 4 is 29.0 Å². The normalized spacial score (nSPS) is 11.2. The van der Waals surface area contributed by atoms with Gasteiger partial charge in [-0.3, -0.25) is 9.59 Å². The van der Waals surface area contributed by atoms with Crippen LogP contribution < -0.4 is 4.48 Å². The van der Waals surface area contributed by atoms with E-state index in [2.05, 4.69) is 36.4 Å². The van der Waals surface area contributed by atoms with Crippen molar-refractivity contribution in [3.63, 3.8) is 0 Å². The first-order valence-electron chi connectivity index (χ1n) is 10.3. The Bertz CT molecular complexity index is 859. The van der Waals surface area contributed by atoms with Crippen molar-refractivity contribution in [1.82, 2.24) is 4.48 Å². The van der Waals surface area contributed by atoms with Crippen LogP contribution in [0.25, 0.3) is 0 Å². The molecule has 0 N–H and O–H groups in total. The lowest BCUT2D eigenvalue weighted by molar-refractivity contribution is -0.146. The highest BCUT2D eigenvalue weighted by atomic mass is 16.5. The van der Waals surface area contributed by atoms with Crippen molar-refractivity contribution < 1.29 is 19.1 Å². The summed E-state index contributed by atoms with van der Waals surface area (Å²) in [6, 6.07) is 30.6. The fourth-order valence-electron chi connectivity index (χ4n) is 3.82. The van der Waals surface area contributed by atoms with Gasteiger partial charge >= 0.3 is 11.9 Å². The Hall–Kier alpha value is -3.44. The number of rotatable bonds is 9. The predicted molar refractivity (Wildman–Crippen MR) is 122 cm³/mol. The maximum atomic E-state index is 11.5. The van der Waals surface area contributed by atoms with Gasteiger partial charge in [0, 0.05) is 13.8 Å². The second kappa shape index (κ2) is 10.5. The van der Waals surface area contributed by atoms with Gasteiger partial charge in [-0.1, -0.05) is 54.6 Å². The minimum Gasteiger partial charge on any atom is -0.465 e. The van der Waals surface area contributed by atoms with Crippen molar-refractivity contribution in [3.8, 4) is 0 Å².